The van der Waals surface area contributed by atoms with E-state index in [1.807, 2.05) is 13.0 Å². The van der Waals surface area contributed by atoms with Gasteiger partial charge in [-0.2, -0.15) is 5.10 Å². The zero-order chi connectivity index (χ0) is 13.1. The first kappa shape index (κ1) is 13.3. The van der Waals surface area contributed by atoms with Crippen molar-refractivity contribution >= 4 is 46.1 Å². The molecule has 3 nitrogen and oxygen atoms in total. The summed E-state index contributed by atoms with van der Waals surface area (Å²) in [4.78, 5) is 6.44. The number of hydrogen-bond acceptors (Lipinski definition) is 4. The lowest BCUT2D eigenvalue weighted by Gasteiger charge is -2.03. The van der Waals surface area contributed by atoms with E-state index >= 15 is 0 Å². The second kappa shape index (κ2) is 5.69. The molecule has 0 spiro atoms. The third kappa shape index (κ3) is 3.22. The summed E-state index contributed by atoms with van der Waals surface area (Å²) in [7, 11) is 0. The van der Waals surface area contributed by atoms with E-state index in [9.17, 15) is 0 Å². The molecule has 94 valence electrons. The standard InChI is InChI=1S/C12H11Cl2N3S/c1-7-3-4-11(18-7)8(2)16-17-12-10(14)5-9(13)6-15-12/h3-6H,1-2H3,(H,15,17)/b16-8-. The molecule has 0 aliphatic rings. The summed E-state index contributed by atoms with van der Waals surface area (Å²) in [6, 6.07) is 5.72. The molecule has 2 heterocycles. The summed E-state index contributed by atoms with van der Waals surface area (Å²) in [5.74, 6) is 0.494. The van der Waals surface area contributed by atoms with E-state index in [1.165, 1.54) is 11.1 Å². The molecule has 0 bridgehead atoms. The van der Waals surface area contributed by atoms with Crippen LogP contribution in [0.3, 0.4) is 0 Å². The summed E-state index contributed by atoms with van der Waals surface area (Å²) in [5, 5.41) is 5.20. The summed E-state index contributed by atoms with van der Waals surface area (Å²) >= 11 is 13.4. The van der Waals surface area contributed by atoms with Crippen LogP contribution in [0.25, 0.3) is 0 Å². The molecular formula is C12H11Cl2N3S. The lowest BCUT2D eigenvalue weighted by Crippen LogP contribution is -1.99. The van der Waals surface area contributed by atoms with Crippen LogP contribution in [0, 0.1) is 6.92 Å². The largest absolute Gasteiger partial charge is 0.260 e. The Hall–Kier alpha value is -1.10. The number of rotatable bonds is 3. The van der Waals surface area contributed by atoms with Crippen molar-refractivity contribution in [2.24, 2.45) is 5.10 Å². The van der Waals surface area contributed by atoms with Gasteiger partial charge in [0, 0.05) is 11.1 Å². The third-order valence-electron chi connectivity index (χ3n) is 2.23. The van der Waals surface area contributed by atoms with Crippen LogP contribution < -0.4 is 5.43 Å². The van der Waals surface area contributed by atoms with Crippen LogP contribution in [0.4, 0.5) is 5.82 Å². The van der Waals surface area contributed by atoms with Gasteiger partial charge in [0.2, 0.25) is 0 Å². The van der Waals surface area contributed by atoms with Crippen LogP contribution >= 0.6 is 34.5 Å². The lowest BCUT2D eigenvalue weighted by atomic mass is 10.3. The molecule has 6 heteroatoms. The molecule has 0 amide bonds. The average Bonchev–Trinajstić information content (AvgIpc) is 2.74. The van der Waals surface area contributed by atoms with E-state index in [1.54, 1.807) is 17.4 Å². The smallest absolute Gasteiger partial charge is 0.165 e. The van der Waals surface area contributed by atoms with E-state index in [-0.39, 0.29) is 0 Å². The van der Waals surface area contributed by atoms with E-state index in [0.717, 1.165) is 10.6 Å². The number of hydrogen-bond donors (Lipinski definition) is 1. The van der Waals surface area contributed by atoms with Crippen LogP contribution in [0.2, 0.25) is 10.0 Å². The molecule has 2 aromatic heterocycles. The summed E-state index contributed by atoms with van der Waals surface area (Å²) in [5.41, 5.74) is 3.73. The minimum absolute atomic E-state index is 0.446. The van der Waals surface area contributed by atoms with Crippen LogP contribution in [-0.4, -0.2) is 10.7 Å². The molecule has 0 aliphatic heterocycles. The SMILES string of the molecule is C/C(=N/Nc1ncc(Cl)cc1Cl)c1ccc(C)s1. The minimum Gasteiger partial charge on any atom is -0.260 e. The van der Waals surface area contributed by atoms with Gasteiger partial charge in [-0.15, -0.1) is 11.3 Å². The van der Waals surface area contributed by atoms with Gasteiger partial charge in [-0.3, -0.25) is 5.43 Å². The van der Waals surface area contributed by atoms with E-state index in [0.29, 0.717) is 15.9 Å². The Morgan fingerprint density at radius 3 is 2.78 bits per heavy atom. The second-order valence-corrected chi connectivity index (χ2v) is 5.83. The van der Waals surface area contributed by atoms with Gasteiger partial charge >= 0.3 is 0 Å². The molecule has 1 N–H and O–H groups in total. The van der Waals surface area contributed by atoms with Gasteiger partial charge < -0.3 is 0 Å². The molecule has 0 aliphatic carbocycles. The predicted molar refractivity (Wildman–Crippen MR) is 79.1 cm³/mol. The van der Waals surface area contributed by atoms with Crippen LogP contribution in [0.5, 0.6) is 0 Å². The van der Waals surface area contributed by atoms with Crippen molar-refractivity contribution in [3.63, 3.8) is 0 Å². The number of aromatic nitrogens is 1. The summed E-state index contributed by atoms with van der Waals surface area (Å²) < 4.78 is 0. The van der Waals surface area contributed by atoms with E-state index < -0.39 is 0 Å². The molecule has 0 saturated heterocycles. The van der Waals surface area contributed by atoms with Crippen LogP contribution in [-0.2, 0) is 0 Å². The fourth-order valence-electron chi connectivity index (χ4n) is 1.32. The van der Waals surface area contributed by atoms with Gasteiger partial charge in [-0.05, 0) is 32.0 Å². The highest BCUT2D eigenvalue weighted by Crippen LogP contribution is 2.23. The molecule has 18 heavy (non-hydrogen) atoms. The Morgan fingerprint density at radius 2 is 2.17 bits per heavy atom. The Morgan fingerprint density at radius 1 is 1.39 bits per heavy atom. The third-order valence-corrected chi connectivity index (χ3v) is 3.84. The lowest BCUT2D eigenvalue weighted by molar-refractivity contribution is 1.22. The number of aryl methyl sites for hydroxylation is 1. The number of anilines is 1. The number of hydrazone groups is 1. The van der Waals surface area contributed by atoms with Crippen LogP contribution in [0.1, 0.15) is 16.7 Å². The fraction of sp³-hybridized carbons (Fsp3) is 0.167. The van der Waals surface area contributed by atoms with Crippen molar-refractivity contribution in [2.45, 2.75) is 13.8 Å². The summed E-state index contributed by atoms with van der Waals surface area (Å²) in [6.07, 6.45) is 1.52. The van der Waals surface area contributed by atoms with E-state index in [4.69, 9.17) is 23.2 Å². The first-order valence-corrected chi connectivity index (χ1v) is 6.81. The molecule has 0 radical (unpaired) electrons. The number of pyridine rings is 1. The molecule has 2 aromatic rings. The van der Waals surface area contributed by atoms with Gasteiger partial charge in [-0.1, -0.05) is 23.2 Å². The first-order valence-electron chi connectivity index (χ1n) is 5.24. The van der Waals surface area contributed by atoms with Gasteiger partial charge in [0.1, 0.15) is 0 Å². The predicted octanol–water partition coefficient (Wildman–Crippen LogP) is 4.59. The molecule has 0 aromatic carbocycles. The monoisotopic (exact) mass is 299 g/mol. The average molecular weight is 300 g/mol. The molecular weight excluding hydrogens is 289 g/mol. The zero-order valence-electron chi connectivity index (χ0n) is 9.87. The zero-order valence-corrected chi connectivity index (χ0v) is 12.2. The number of nitrogens with one attached hydrogen (secondary N) is 1. The second-order valence-electron chi connectivity index (χ2n) is 3.70. The van der Waals surface area contributed by atoms with Crippen molar-refractivity contribution in [3.05, 3.63) is 44.2 Å². The fourth-order valence-corrected chi connectivity index (χ4v) is 2.55. The Kier molecular flexibility index (Phi) is 4.22. The summed E-state index contributed by atoms with van der Waals surface area (Å²) in [6.45, 7) is 3.99. The van der Waals surface area contributed by atoms with Gasteiger partial charge in [-0.25, -0.2) is 4.98 Å². The normalized spacial score (nSPS) is 11.7. The first-order chi connectivity index (χ1) is 8.56. The number of nitrogens with zero attached hydrogens (tertiary/aromatic N) is 2. The van der Waals surface area contributed by atoms with Crippen molar-refractivity contribution in [1.29, 1.82) is 0 Å². The number of halogens is 2. The van der Waals surface area contributed by atoms with E-state index in [2.05, 4.69) is 28.5 Å². The maximum absolute atomic E-state index is 5.99. The highest BCUT2D eigenvalue weighted by atomic mass is 35.5. The maximum atomic E-state index is 5.99. The van der Waals surface area contributed by atoms with Crippen LogP contribution in [0.15, 0.2) is 29.5 Å². The van der Waals surface area contributed by atoms with Gasteiger partial charge in [0.15, 0.2) is 5.82 Å². The van der Waals surface area contributed by atoms with Gasteiger partial charge in [0.05, 0.1) is 20.6 Å². The molecule has 0 atom stereocenters. The topological polar surface area (TPSA) is 37.3 Å². The molecule has 0 unspecified atom stereocenters. The Bertz CT molecular complexity index is 593. The van der Waals surface area contributed by atoms with Crippen molar-refractivity contribution < 1.29 is 0 Å². The highest BCUT2D eigenvalue weighted by molar-refractivity contribution is 7.14. The quantitative estimate of drug-likeness (QED) is 0.664. The molecule has 2 rings (SSSR count). The Balaban J connectivity index is 2.15. The molecule has 0 fully saturated rings. The van der Waals surface area contributed by atoms with Crippen molar-refractivity contribution in [1.82, 2.24) is 4.98 Å². The maximum Gasteiger partial charge on any atom is 0.165 e. The minimum atomic E-state index is 0.446. The Labute approximate surface area is 119 Å². The van der Waals surface area contributed by atoms with Crippen molar-refractivity contribution in [3.8, 4) is 0 Å². The molecule has 0 saturated carbocycles. The number of thiophene rings is 1. The van der Waals surface area contributed by atoms with Gasteiger partial charge in [0.25, 0.3) is 0 Å². The highest BCUT2D eigenvalue weighted by Gasteiger charge is 2.03. The van der Waals surface area contributed by atoms with Crippen molar-refractivity contribution in [2.75, 3.05) is 5.43 Å².